The number of aliphatic hydroxyl groups excluding tert-OH is 1. The van der Waals surface area contributed by atoms with Crippen LogP contribution in [0.1, 0.15) is 26.3 Å². The summed E-state index contributed by atoms with van der Waals surface area (Å²) in [6, 6.07) is 10.4. The molecular formula is C17H29NO2Si. The first kappa shape index (κ1) is 16.7. The fourth-order valence-electron chi connectivity index (χ4n) is 2.47. The lowest BCUT2D eigenvalue weighted by atomic mass is 10.2. The van der Waals surface area contributed by atoms with Crippen LogP contribution in [-0.2, 0) is 11.0 Å². The number of nitrogens with zero attached hydrogens (tertiary/aromatic N) is 1. The summed E-state index contributed by atoms with van der Waals surface area (Å²) >= 11 is 0. The van der Waals surface area contributed by atoms with Crippen molar-refractivity contribution in [3.63, 3.8) is 0 Å². The third-order valence-electron chi connectivity index (χ3n) is 4.81. The smallest absolute Gasteiger partial charge is 0.192 e. The largest absolute Gasteiger partial charge is 0.410 e. The normalized spacial score (nSPS) is 24.5. The molecule has 0 spiro atoms. The Labute approximate surface area is 130 Å². The molecule has 2 rings (SSSR count). The number of likely N-dealkylation sites (tertiary alicyclic amines) is 1. The van der Waals surface area contributed by atoms with Gasteiger partial charge in [0.05, 0.1) is 12.2 Å². The molecule has 1 fully saturated rings. The van der Waals surface area contributed by atoms with Crippen molar-refractivity contribution in [1.29, 1.82) is 0 Å². The van der Waals surface area contributed by atoms with Crippen molar-refractivity contribution in [2.45, 2.75) is 57.7 Å². The van der Waals surface area contributed by atoms with Crippen LogP contribution < -0.4 is 0 Å². The molecule has 0 aromatic heterocycles. The molecule has 1 aromatic carbocycles. The second kappa shape index (κ2) is 6.21. The molecule has 0 aliphatic carbocycles. The van der Waals surface area contributed by atoms with Crippen molar-refractivity contribution in [2.75, 3.05) is 13.1 Å². The van der Waals surface area contributed by atoms with Crippen LogP contribution in [0.5, 0.6) is 0 Å². The summed E-state index contributed by atoms with van der Waals surface area (Å²) in [5.41, 5.74) is 1.29. The summed E-state index contributed by atoms with van der Waals surface area (Å²) < 4.78 is 6.39. The number of rotatable bonds is 4. The van der Waals surface area contributed by atoms with Gasteiger partial charge >= 0.3 is 0 Å². The molecule has 0 amide bonds. The molecule has 0 bridgehead atoms. The van der Waals surface area contributed by atoms with Crippen molar-refractivity contribution in [3.05, 3.63) is 35.9 Å². The van der Waals surface area contributed by atoms with E-state index in [1.165, 1.54) is 5.56 Å². The van der Waals surface area contributed by atoms with Crippen molar-refractivity contribution < 1.29 is 9.53 Å². The third-order valence-corrected chi connectivity index (χ3v) is 9.32. The first-order chi connectivity index (χ1) is 9.69. The fraction of sp³-hybridized carbons (Fsp3) is 0.647. The molecule has 0 radical (unpaired) electrons. The Balaban J connectivity index is 1.95. The zero-order valence-electron chi connectivity index (χ0n) is 14.0. The van der Waals surface area contributed by atoms with Gasteiger partial charge in [0.1, 0.15) is 0 Å². The lowest BCUT2D eigenvalue weighted by molar-refractivity contribution is 0.0643. The van der Waals surface area contributed by atoms with E-state index in [9.17, 15) is 5.11 Å². The minimum absolute atomic E-state index is 0.0467. The Kier molecular flexibility index (Phi) is 4.93. The minimum atomic E-state index is -1.82. The molecule has 1 aliphatic heterocycles. The van der Waals surface area contributed by atoms with E-state index in [4.69, 9.17) is 4.43 Å². The molecule has 21 heavy (non-hydrogen) atoms. The van der Waals surface area contributed by atoms with Crippen molar-refractivity contribution in [3.8, 4) is 0 Å². The van der Waals surface area contributed by atoms with Gasteiger partial charge in [0, 0.05) is 19.6 Å². The monoisotopic (exact) mass is 307 g/mol. The standard InChI is InChI=1S/C17H29NO2Si/c1-17(2,3)21(4,5)20-16-13-18(12-15(16)19)11-14-9-7-6-8-10-14/h6-10,15-16,19H,11-13H2,1-5H3. The SMILES string of the molecule is CC(C)(C)[Si](C)(C)OC1CN(Cc2ccccc2)CC1O. The molecular weight excluding hydrogens is 278 g/mol. The number of hydrogen-bond acceptors (Lipinski definition) is 3. The van der Waals surface area contributed by atoms with E-state index >= 15 is 0 Å². The molecule has 2 atom stereocenters. The lowest BCUT2D eigenvalue weighted by Crippen LogP contribution is -2.47. The van der Waals surface area contributed by atoms with Gasteiger partial charge in [-0.25, -0.2) is 0 Å². The van der Waals surface area contributed by atoms with Crippen LogP contribution >= 0.6 is 0 Å². The van der Waals surface area contributed by atoms with Gasteiger partial charge in [0.15, 0.2) is 8.32 Å². The topological polar surface area (TPSA) is 32.7 Å². The van der Waals surface area contributed by atoms with Gasteiger partial charge in [-0.15, -0.1) is 0 Å². The van der Waals surface area contributed by atoms with Gasteiger partial charge in [0.25, 0.3) is 0 Å². The van der Waals surface area contributed by atoms with Crippen molar-refractivity contribution >= 4 is 8.32 Å². The van der Waals surface area contributed by atoms with E-state index in [1.54, 1.807) is 0 Å². The summed E-state index contributed by atoms with van der Waals surface area (Å²) in [7, 11) is -1.82. The van der Waals surface area contributed by atoms with Crippen molar-refractivity contribution in [2.24, 2.45) is 0 Å². The number of hydrogen-bond donors (Lipinski definition) is 1. The van der Waals surface area contributed by atoms with Gasteiger partial charge in [-0.2, -0.15) is 0 Å². The highest BCUT2D eigenvalue weighted by molar-refractivity contribution is 6.74. The quantitative estimate of drug-likeness (QED) is 0.867. The Hall–Kier alpha value is -0.683. The Bertz CT molecular complexity index is 456. The van der Waals surface area contributed by atoms with E-state index in [-0.39, 0.29) is 17.2 Å². The summed E-state index contributed by atoms with van der Waals surface area (Å²) in [5.74, 6) is 0. The van der Waals surface area contributed by atoms with Gasteiger partial charge in [-0.3, -0.25) is 4.90 Å². The van der Waals surface area contributed by atoms with E-state index in [0.29, 0.717) is 6.54 Å². The fourth-order valence-corrected chi connectivity index (χ4v) is 3.82. The zero-order chi connectivity index (χ0) is 15.7. The van der Waals surface area contributed by atoms with Crippen LogP contribution in [0.3, 0.4) is 0 Å². The lowest BCUT2D eigenvalue weighted by Gasteiger charge is -2.39. The predicted molar refractivity (Wildman–Crippen MR) is 89.8 cm³/mol. The zero-order valence-corrected chi connectivity index (χ0v) is 15.0. The molecule has 0 saturated carbocycles. The van der Waals surface area contributed by atoms with E-state index in [2.05, 4.69) is 63.0 Å². The summed E-state index contributed by atoms with van der Waals surface area (Å²) in [4.78, 5) is 2.29. The van der Waals surface area contributed by atoms with Crippen LogP contribution in [-0.4, -0.2) is 43.6 Å². The third kappa shape index (κ3) is 4.16. The Morgan fingerprint density at radius 3 is 2.38 bits per heavy atom. The molecule has 1 aliphatic rings. The number of benzene rings is 1. The number of β-amino-alcohol motifs (C(OH)–C–C–N with tert-alkyl or cyclic N) is 1. The van der Waals surface area contributed by atoms with E-state index in [1.807, 2.05) is 6.07 Å². The predicted octanol–water partition coefficient (Wildman–Crippen LogP) is 3.25. The molecule has 1 aromatic rings. The second-order valence-electron chi connectivity index (χ2n) is 7.66. The molecule has 4 heteroatoms. The van der Waals surface area contributed by atoms with Crippen LogP contribution in [0.15, 0.2) is 30.3 Å². The van der Waals surface area contributed by atoms with E-state index < -0.39 is 8.32 Å². The van der Waals surface area contributed by atoms with Gasteiger partial charge in [0.2, 0.25) is 0 Å². The molecule has 3 nitrogen and oxygen atoms in total. The van der Waals surface area contributed by atoms with Gasteiger partial charge in [-0.1, -0.05) is 51.1 Å². The molecule has 2 unspecified atom stereocenters. The van der Waals surface area contributed by atoms with Crippen LogP contribution in [0.4, 0.5) is 0 Å². The van der Waals surface area contributed by atoms with E-state index in [0.717, 1.165) is 13.1 Å². The first-order valence-corrected chi connectivity index (χ1v) is 10.7. The minimum Gasteiger partial charge on any atom is -0.410 e. The molecule has 1 saturated heterocycles. The maximum Gasteiger partial charge on any atom is 0.192 e. The first-order valence-electron chi connectivity index (χ1n) is 7.81. The summed E-state index contributed by atoms with van der Waals surface area (Å²) in [6.45, 7) is 13.6. The highest BCUT2D eigenvalue weighted by Gasteiger charge is 2.43. The molecule has 1 N–H and O–H groups in total. The van der Waals surface area contributed by atoms with Crippen molar-refractivity contribution in [1.82, 2.24) is 4.90 Å². The second-order valence-corrected chi connectivity index (χ2v) is 12.4. The molecule has 118 valence electrons. The maximum atomic E-state index is 10.3. The Morgan fingerprint density at radius 1 is 1.19 bits per heavy atom. The highest BCUT2D eigenvalue weighted by Crippen LogP contribution is 2.38. The summed E-state index contributed by atoms with van der Waals surface area (Å²) in [6.07, 6.45) is -0.419. The maximum absolute atomic E-state index is 10.3. The average molecular weight is 308 g/mol. The molecule has 1 heterocycles. The van der Waals surface area contributed by atoms with Crippen LogP contribution in [0.25, 0.3) is 0 Å². The van der Waals surface area contributed by atoms with Gasteiger partial charge in [-0.05, 0) is 23.7 Å². The van der Waals surface area contributed by atoms with Crippen LogP contribution in [0.2, 0.25) is 18.1 Å². The average Bonchev–Trinajstić information content (AvgIpc) is 2.69. The van der Waals surface area contributed by atoms with Gasteiger partial charge < -0.3 is 9.53 Å². The Morgan fingerprint density at radius 2 is 1.81 bits per heavy atom. The highest BCUT2D eigenvalue weighted by atomic mass is 28.4. The van der Waals surface area contributed by atoms with Crippen LogP contribution in [0, 0.1) is 0 Å². The summed E-state index contributed by atoms with van der Waals surface area (Å²) in [5, 5.41) is 10.5. The number of aliphatic hydroxyl groups is 1.